The van der Waals surface area contributed by atoms with Gasteiger partial charge in [-0.05, 0) is 36.8 Å². The number of anilines is 1. The summed E-state index contributed by atoms with van der Waals surface area (Å²) in [6, 6.07) is 10.6. The van der Waals surface area contributed by atoms with Gasteiger partial charge in [0.05, 0.1) is 0 Å². The molecular weight excluding hydrogens is 262 g/mol. The number of hydrogen-bond donors (Lipinski definition) is 2. The minimum atomic E-state index is -0.174. The highest BCUT2D eigenvalue weighted by Gasteiger charge is 2.07. The van der Waals surface area contributed by atoms with Crippen molar-refractivity contribution in [2.75, 3.05) is 5.73 Å². The number of pyridine rings is 1. The summed E-state index contributed by atoms with van der Waals surface area (Å²) in [5.74, 6) is 0.170. The van der Waals surface area contributed by atoms with Gasteiger partial charge in [-0.15, -0.1) is 0 Å². The number of nitrogens with two attached hydrogens (primary N) is 1. The van der Waals surface area contributed by atoms with Crippen LogP contribution in [0.25, 0.3) is 0 Å². The molecule has 0 spiro atoms. The van der Waals surface area contributed by atoms with Crippen molar-refractivity contribution in [3.05, 3.63) is 58.2 Å². The van der Waals surface area contributed by atoms with Crippen LogP contribution in [0, 0.1) is 6.92 Å². The summed E-state index contributed by atoms with van der Waals surface area (Å²) in [6.45, 7) is 2.24. The van der Waals surface area contributed by atoms with Crippen LogP contribution in [0.15, 0.2) is 36.4 Å². The molecule has 1 heterocycles. The summed E-state index contributed by atoms with van der Waals surface area (Å²) < 4.78 is 0. The molecule has 4 nitrogen and oxygen atoms in total. The van der Waals surface area contributed by atoms with Gasteiger partial charge in [0.1, 0.15) is 5.82 Å². The van der Waals surface area contributed by atoms with Crippen LogP contribution >= 0.6 is 11.6 Å². The lowest BCUT2D eigenvalue weighted by Gasteiger charge is -2.07. The fourth-order valence-electron chi connectivity index (χ4n) is 1.71. The van der Waals surface area contributed by atoms with E-state index in [0.717, 1.165) is 11.3 Å². The van der Waals surface area contributed by atoms with Gasteiger partial charge in [-0.2, -0.15) is 0 Å². The average Bonchev–Trinajstić information content (AvgIpc) is 2.36. The first-order valence-electron chi connectivity index (χ1n) is 5.81. The van der Waals surface area contributed by atoms with Crippen molar-refractivity contribution in [3.8, 4) is 0 Å². The number of carbonyl (C=O) groups is 1. The standard InChI is InChI=1S/C14H14ClN3O/c1-9-6-11(7-13(16)18-9)14(19)17-8-10-2-4-12(15)5-3-10/h2-7H,8H2,1H3,(H2,16,18)(H,17,19). The van der Waals surface area contributed by atoms with Crippen molar-refractivity contribution in [2.45, 2.75) is 13.5 Å². The molecule has 1 amide bonds. The van der Waals surface area contributed by atoms with Gasteiger partial charge in [0.25, 0.3) is 5.91 Å². The fraction of sp³-hybridized carbons (Fsp3) is 0.143. The Morgan fingerprint density at radius 2 is 2.00 bits per heavy atom. The van der Waals surface area contributed by atoms with Crippen LogP contribution in [0.1, 0.15) is 21.6 Å². The largest absolute Gasteiger partial charge is 0.384 e. The van der Waals surface area contributed by atoms with E-state index in [0.29, 0.717) is 22.9 Å². The highest BCUT2D eigenvalue weighted by molar-refractivity contribution is 6.30. The normalized spacial score (nSPS) is 10.2. The topological polar surface area (TPSA) is 68.0 Å². The third-order valence-electron chi connectivity index (χ3n) is 2.60. The first-order valence-corrected chi connectivity index (χ1v) is 6.19. The Hall–Kier alpha value is -2.07. The Morgan fingerprint density at radius 3 is 2.63 bits per heavy atom. The number of benzene rings is 1. The maximum Gasteiger partial charge on any atom is 0.251 e. The van der Waals surface area contributed by atoms with Crippen LogP contribution in [-0.2, 0) is 6.54 Å². The quantitative estimate of drug-likeness (QED) is 0.904. The number of carbonyl (C=O) groups excluding carboxylic acids is 1. The van der Waals surface area contributed by atoms with E-state index in [1.165, 1.54) is 0 Å². The number of nitrogens with one attached hydrogen (secondary N) is 1. The molecule has 0 unspecified atom stereocenters. The minimum Gasteiger partial charge on any atom is -0.384 e. The summed E-state index contributed by atoms with van der Waals surface area (Å²) in [7, 11) is 0. The zero-order chi connectivity index (χ0) is 13.8. The van der Waals surface area contributed by atoms with E-state index in [2.05, 4.69) is 10.3 Å². The van der Waals surface area contributed by atoms with Crippen molar-refractivity contribution in [1.29, 1.82) is 0 Å². The molecule has 0 aliphatic heterocycles. The molecule has 0 saturated heterocycles. The predicted octanol–water partition coefficient (Wildman–Crippen LogP) is 2.56. The highest BCUT2D eigenvalue weighted by atomic mass is 35.5. The molecule has 5 heteroatoms. The molecule has 2 aromatic rings. The lowest BCUT2D eigenvalue weighted by atomic mass is 10.2. The van der Waals surface area contributed by atoms with Gasteiger partial charge in [-0.3, -0.25) is 4.79 Å². The molecule has 0 bridgehead atoms. The van der Waals surface area contributed by atoms with Crippen molar-refractivity contribution >= 4 is 23.3 Å². The Kier molecular flexibility index (Phi) is 4.02. The predicted molar refractivity (Wildman–Crippen MR) is 76.0 cm³/mol. The average molecular weight is 276 g/mol. The minimum absolute atomic E-state index is 0.174. The molecule has 19 heavy (non-hydrogen) atoms. The number of aryl methyl sites for hydroxylation is 1. The number of aromatic nitrogens is 1. The smallest absolute Gasteiger partial charge is 0.251 e. The van der Waals surface area contributed by atoms with Gasteiger partial charge in [0.15, 0.2) is 0 Å². The highest BCUT2D eigenvalue weighted by Crippen LogP contribution is 2.10. The molecule has 0 radical (unpaired) electrons. The summed E-state index contributed by atoms with van der Waals surface area (Å²) in [4.78, 5) is 16.0. The zero-order valence-electron chi connectivity index (χ0n) is 10.5. The molecule has 3 N–H and O–H groups in total. The summed E-state index contributed by atoms with van der Waals surface area (Å²) in [6.07, 6.45) is 0. The third-order valence-corrected chi connectivity index (χ3v) is 2.85. The number of rotatable bonds is 3. The summed E-state index contributed by atoms with van der Waals surface area (Å²) >= 11 is 5.80. The molecule has 0 atom stereocenters. The van der Waals surface area contributed by atoms with Crippen LogP contribution in [0.5, 0.6) is 0 Å². The number of halogens is 1. The monoisotopic (exact) mass is 275 g/mol. The summed E-state index contributed by atoms with van der Waals surface area (Å²) in [5.41, 5.74) is 7.83. The van der Waals surface area contributed by atoms with Crippen LogP contribution in [-0.4, -0.2) is 10.9 Å². The van der Waals surface area contributed by atoms with E-state index in [1.807, 2.05) is 12.1 Å². The molecule has 1 aromatic heterocycles. The fourth-order valence-corrected chi connectivity index (χ4v) is 1.84. The summed E-state index contributed by atoms with van der Waals surface area (Å²) in [5, 5.41) is 3.50. The Balaban J connectivity index is 2.03. The Morgan fingerprint density at radius 1 is 1.32 bits per heavy atom. The van der Waals surface area contributed by atoms with Crippen LogP contribution < -0.4 is 11.1 Å². The molecule has 0 aliphatic rings. The van der Waals surface area contributed by atoms with E-state index in [1.54, 1.807) is 31.2 Å². The van der Waals surface area contributed by atoms with Crippen molar-refractivity contribution in [3.63, 3.8) is 0 Å². The number of amides is 1. The van der Waals surface area contributed by atoms with Gasteiger partial charge < -0.3 is 11.1 Å². The van der Waals surface area contributed by atoms with Crippen LogP contribution in [0.4, 0.5) is 5.82 Å². The van der Waals surface area contributed by atoms with Crippen molar-refractivity contribution in [2.24, 2.45) is 0 Å². The van der Waals surface area contributed by atoms with Crippen LogP contribution in [0.2, 0.25) is 5.02 Å². The van der Waals surface area contributed by atoms with Crippen molar-refractivity contribution in [1.82, 2.24) is 10.3 Å². The first-order chi connectivity index (χ1) is 9.04. The molecule has 0 aliphatic carbocycles. The van der Waals surface area contributed by atoms with E-state index in [9.17, 15) is 4.79 Å². The zero-order valence-corrected chi connectivity index (χ0v) is 11.2. The third kappa shape index (κ3) is 3.69. The Labute approximate surface area is 116 Å². The van der Waals surface area contributed by atoms with Crippen LogP contribution in [0.3, 0.4) is 0 Å². The number of hydrogen-bond acceptors (Lipinski definition) is 3. The Bertz CT molecular complexity index is 576. The first kappa shape index (κ1) is 13.4. The maximum absolute atomic E-state index is 12.0. The van der Waals surface area contributed by atoms with Crippen molar-refractivity contribution < 1.29 is 4.79 Å². The lowest BCUT2D eigenvalue weighted by Crippen LogP contribution is -2.23. The molecular formula is C14H14ClN3O. The molecule has 0 fully saturated rings. The number of nitrogens with zero attached hydrogens (tertiary/aromatic N) is 1. The molecule has 0 saturated carbocycles. The van der Waals surface area contributed by atoms with Gasteiger partial charge in [0, 0.05) is 22.8 Å². The maximum atomic E-state index is 12.0. The second kappa shape index (κ2) is 5.71. The van der Waals surface area contributed by atoms with Gasteiger partial charge in [-0.25, -0.2) is 4.98 Å². The van der Waals surface area contributed by atoms with Gasteiger partial charge in [-0.1, -0.05) is 23.7 Å². The molecule has 98 valence electrons. The van der Waals surface area contributed by atoms with E-state index < -0.39 is 0 Å². The van der Waals surface area contributed by atoms with E-state index in [4.69, 9.17) is 17.3 Å². The van der Waals surface area contributed by atoms with E-state index >= 15 is 0 Å². The molecule has 1 aromatic carbocycles. The SMILES string of the molecule is Cc1cc(C(=O)NCc2ccc(Cl)cc2)cc(N)n1. The van der Waals surface area contributed by atoms with E-state index in [-0.39, 0.29) is 5.91 Å². The molecule has 2 rings (SSSR count). The lowest BCUT2D eigenvalue weighted by molar-refractivity contribution is 0.0950. The van der Waals surface area contributed by atoms with Gasteiger partial charge >= 0.3 is 0 Å². The van der Waals surface area contributed by atoms with Gasteiger partial charge in [0.2, 0.25) is 0 Å². The number of nitrogen functional groups attached to an aromatic ring is 1. The second-order valence-electron chi connectivity index (χ2n) is 4.23. The second-order valence-corrected chi connectivity index (χ2v) is 4.67.